The van der Waals surface area contributed by atoms with Crippen molar-refractivity contribution in [2.75, 3.05) is 6.54 Å². The minimum Gasteiger partial charge on any atom is -0.334 e. The molecule has 0 fully saturated rings. The third-order valence-electron chi connectivity index (χ3n) is 2.63. The van der Waals surface area contributed by atoms with Crippen LogP contribution in [0, 0.1) is 0 Å². The summed E-state index contributed by atoms with van der Waals surface area (Å²) in [4.78, 5) is 24.4. The smallest absolute Gasteiger partial charge is 0.254 e. The zero-order valence-electron chi connectivity index (χ0n) is 10.7. The molecule has 0 saturated carbocycles. The minimum atomic E-state index is 0.0480. The predicted molar refractivity (Wildman–Crippen MR) is 67.8 cm³/mol. The van der Waals surface area contributed by atoms with E-state index in [-0.39, 0.29) is 11.7 Å². The van der Waals surface area contributed by atoms with E-state index in [1.807, 2.05) is 38.1 Å². The third kappa shape index (κ3) is 3.16. The Morgan fingerprint density at radius 1 is 1.29 bits per heavy atom. The Labute approximate surface area is 102 Å². The number of ketones is 1. The monoisotopic (exact) mass is 233 g/mol. The van der Waals surface area contributed by atoms with E-state index in [0.29, 0.717) is 19.5 Å². The molecule has 1 aromatic carbocycles. The predicted octanol–water partition coefficient (Wildman–Crippen LogP) is 2.65. The molecule has 1 aliphatic rings. The van der Waals surface area contributed by atoms with E-state index in [1.165, 1.54) is 0 Å². The molecule has 1 heterocycles. The van der Waals surface area contributed by atoms with Crippen molar-refractivity contribution in [1.82, 2.24) is 4.90 Å². The molecule has 0 unspecified atom stereocenters. The minimum absolute atomic E-state index is 0.0480. The van der Waals surface area contributed by atoms with Crippen LogP contribution < -0.4 is 0 Å². The molecule has 92 valence electrons. The van der Waals surface area contributed by atoms with Gasteiger partial charge in [-0.15, -0.1) is 0 Å². The highest BCUT2D eigenvalue weighted by Gasteiger charge is 2.26. The average Bonchev–Trinajstić information content (AvgIpc) is 2.67. The first kappa shape index (κ1) is 13.4. The van der Waals surface area contributed by atoms with Gasteiger partial charge < -0.3 is 4.90 Å². The molecule has 17 heavy (non-hydrogen) atoms. The fraction of sp³-hybridized carbons (Fsp3) is 0.429. The highest BCUT2D eigenvalue weighted by atomic mass is 16.2. The van der Waals surface area contributed by atoms with E-state index < -0.39 is 0 Å². The van der Waals surface area contributed by atoms with E-state index in [9.17, 15) is 9.59 Å². The molecule has 0 spiro atoms. The second kappa shape index (κ2) is 6.18. The van der Waals surface area contributed by atoms with Crippen LogP contribution in [0.5, 0.6) is 0 Å². The highest BCUT2D eigenvalue weighted by Crippen LogP contribution is 2.22. The van der Waals surface area contributed by atoms with Crippen LogP contribution in [0.15, 0.2) is 24.3 Å². The zero-order chi connectivity index (χ0) is 12.8. The first-order valence-corrected chi connectivity index (χ1v) is 6.05. The Hall–Kier alpha value is -1.64. The summed E-state index contributed by atoms with van der Waals surface area (Å²) < 4.78 is 0. The zero-order valence-corrected chi connectivity index (χ0v) is 10.7. The van der Waals surface area contributed by atoms with Gasteiger partial charge in [-0.05, 0) is 18.6 Å². The number of Topliss-reactive ketones (excluding diaryl/α,β-unsaturated/α-hetero) is 1. The number of rotatable bonds is 3. The molecule has 0 saturated heterocycles. The van der Waals surface area contributed by atoms with E-state index in [0.717, 1.165) is 11.1 Å². The number of amides is 1. The van der Waals surface area contributed by atoms with Gasteiger partial charge in [0.05, 0.1) is 0 Å². The molecular formula is C14H19NO2. The number of fused-ring (bicyclic) bond motifs is 1. The van der Waals surface area contributed by atoms with Crippen molar-refractivity contribution in [2.24, 2.45) is 0 Å². The van der Waals surface area contributed by atoms with E-state index in [2.05, 4.69) is 0 Å². The van der Waals surface area contributed by atoms with Crippen LogP contribution in [0.4, 0.5) is 0 Å². The van der Waals surface area contributed by atoms with Gasteiger partial charge in [0.1, 0.15) is 5.78 Å². The van der Waals surface area contributed by atoms with Gasteiger partial charge >= 0.3 is 0 Å². The van der Waals surface area contributed by atoms with Gasteiger partial charge in [0.2, 0.25) is 0 Å². The first-order chi connectivity index (χ1) is 8.18. The first-order valence-electron chi connectivity index (χ1n) is 6.05. The average molecular weight is 233 g/mol. The second-order valence-electron chi connectivity index (χ2n) is 3.84. The summed E-state index contributed by atoms with van der Waals surface area (Å²) in [6.45, 7) is 6.72. The molecule has 3 nitrogen and oxygen atoms in total. The number of nitrogens with zero attached hydrogens (tertiary/aromatic N) is 1. The lowest BCUT2D eigenvalue weighted by molar-refractivity contribution is -0.117. The van der Waals surface area contributed by atoms with E-state index in [4.69, 9.17) is 0 Å². The quantitative estimate of drug-likeness (QED) is 0.804. The van der Waals surface area contributed by atoms with Crippen molar-refractivity contribution >= 4 is 11.7 Å². The Kier molecular flexibility index (Phi) is 4.88. The van der Waals surface area contributed by atoms with Crippen molar-refractivity contribution in [2.45, 2.75) is 33.7 Å². The lowest BCUT2D eigenvalue weighted by atomic mass is 10.1. The number of hydrogen-bond donors (Lipinski definition) is 0. The summed E-state index contributed by atoms with van der Waals surface area (Å²) in [6.07, 6.45) is 0.444. The van der Waals surface area contributed by atoms with Gasteiger partial charge in [0.15, 0.2) is 0 Å². The van der Waals surface area contributed by atoms with Crippen molar-refractivity contribution in [3.63, 3.8) is 0 Å². The summed E-state index contributed by atoms with van der Waals surface area (Å²) in [5, 5.41) is 0. The third-order valence-corrected chi connectivity index (χ3v) is 2.63. The Morgan fingerprint density at radius 2 is 1.94 bits per heavy atom. The fourth-order valence-electron chi connectivity index (χ4n) is 1.79. The molecule has 1 aliphatic heterocycles. The van der Waals surface area contributed by atoms with Gasteiger partial charge in [0.25, 0.3) is 5.91 Å². The number of benzene rings is 1. The van der Waals surface area contributed by atoms with Crippen molar-refractivity contribution in [1.29, 1.82) is 0 Å². The maximum absolute atomic E-state index is 11.8. The number of hydrogen-bond acceptors (Lipinski definition) is 2. The SMILES string of the molecule is CC.CC(=O)CCN1Cc2ccccc2C1=O. The van der Waals surface area contributed by atoms with Crippen LogP contribution in [0.25, 0.3) is 0 Å². The molecule has 3 heteroatoms. The molecule has 0 atom stereocenters. The van der Waals surface area contributed by atoms with Gasteiger partial charge in [-0.3, -0.25) is 9.59 Å². The lowest BCUT2D eigenvalue weighted by Crippen LogP contribution is -2.26. The maximum Gasteiger partial charge on any atom is 0.254 e. The van der Waals surface area contributed by atoms with Crippen LogP contribution in [0.1, 0.15) is 43.1 Å². The van der Waals surface area contributed by atoms with Crippen LogP contribution in [0.3, 0.4) is 0 Å². The van der Waals surface area contributed by atoms with Crippen LogP contribution >= 0.6 is 0 Å². The van der Waals surface area contributed by atoms with Gasteiger partial charge in [-0.1, -0.05) is 32.0 Å². The molecule has 1 aromatic rings. The standard InChI is InChI=1S/C12H13NO2.C2H6/c1-9(14)6-7-13-8-10-4-2-3-5-11(10)12(13)15;1-2/h2-5H,6-8H2,1H3;1-2H3. The van der Waals surface area contributed by atoms with Crippen molar-refractivity contribution < 1.29 is 9.59 Å². The highest BCUT2D eigenvalue weighted by molar-refractivity contribution is 5.98. The topological polar surface area (TPSA) is 37.4 Å². The van der Waals surface area contributed by atoms with Crippen LogP contribution in [-0.4, -0.2) is 23.1 Å². The van der Waals surface area contributed by atoms with E-state index in [1.54, 1.807) is 11.8 Å². The normalized spacial score (nSPS) is 12.9. The Balaban J connectivity index is 0.000000686. The molecule has 0 radical (unpaired) electrons. The summed E-state index contributed by atoms with van der Waals surface area (Å²) in [5.74, 6) is 0.172. The van der Waals surface area contributed by atoms with Crippen molar-refractivity contribution in [3.8, 4) is 0 Å². The molecular weight excluding hydrogens is 214 g/mol. The van der Waals surface area contributed by atoms with Crippen LogP contribution in [0.2, 0.25) is 0 Å². The summed E-state index contributed by atoms with van der Waals surface area (Å²) in [6, 6.07) is 7.60. The summed E-state index contributed by atoms with van der Waals surface area (Å²) in [5.41, 5.74) is 1.84. The van der Waals surface area contributed by atoms with Crippen molar-refractivity contribution in [3.05, 3.63) is 35.4 Å². The molecule has 0 aromatic heterocycles. The van der Waals surface area contributed by atoms with Gasteiger partial charge in [-0.2, -0.15) is 0 Å². The second-order valence-corrected chi connectivity index (χ2v) is 3.84. The summed E-state index contributed by atoms with van der Waals surface area (Å²) in [7, 11) is 0. The Morgan fingerprint density at radius 3 is 2.53 bits per heavy atom. The molecule has 0 N–H and O–H groups in total. The molecule has 0 aliphatic carbocycles. The van der Waals surface area contributed by atoms with Gasteiger partial charge in [-0.25, -0.2) is 0 Å². The van der Waals surface area contributed by atoms with E-state index >= 15 is 0 Å². The fourth-order valence-corrected chi connectivity index (χ4v) is 1.79. The number of carbonyl (C=O) groups is 2. The molecule has 2 rings (SSSR count). The lowest BCUT2D eigenvalue weighted by Gasteiger charge is -2.13. The summed E-state index contributed by atoms with van der Waals surface area (Å²) >= 11 is 0. The largest absolute Gasteiger partial charge is 0.334 e. The molecule has 1 amide bonds. The van der Waals surface area contributed by atoms with Gasteiger partial charge in [0, 0.05) is 25.1 Å². The number of carbonyl (C=O) groups excluding carboxylic acids is 2. The van der Waals surface area contributed by atoms with Crippen LogP contribution in [-0.2, 0) is 11.3 Å². The Bertz CT molecular complexity index is 412. The molecule has 0 bridgehead atoms. The maximum atomic E-state index is 11.8.